The Bertz CT molecular complexity index is 773. The molecule has 0 saturated carbocycles. The van der Waals surface area contributed by atoms with E-state index in [0.29, 0.717) is 26.3 Å². The maximum absolute atomic E-state index is 9.37. The highest BCUT2D eigenvalue weighted by Crippen LogP contribution is 2.32. The highest BCUT2D eigenvalue weighted by atomic mass is 127. The molecule has 0 spiro atoms. The van der Waals surface area contributed by atoms with Crippen molar-refractivity contribution in [2.45, 2.75) is 19.8 Å². The van der Waals surface area contributed by atoms with Crippen molar-refractivity contribution < 1.29 is 14.6 Å². The molecule has 1 aliphatic rings. The highest BCUT2D eigenvalue weighted by Gasteiger charge is 2.34. The van der Waals surface area contributed by atoms with E-state index < -0.39 is 0 Å². The van der Waals surface area contributed by atoms with Crippen molar-refractivity contribution in [3.8, 4) is 5.75 Å². The Labute approximate surface area is 190 Å². The highest BCUT2D eigenvalue weighted by molar-refractivity contribution is 14.0. The molecule has 0 aromatic heterocycles. The number of aliphatic imine (C=N–C) groups is 1. The molecule has 0 aliphatic carbocycles. The van der Waals surface area contributed by atoms with E-state index in [2.05, 4.69) is 28.8 Å². The number of ether oxygens (including phenoxy) is 2. The Hall–Kier alpha value is -1.58. The molecule has 29 heavy (non-hydrogen) atoms. The number of benzene rings is 2. The molecule has 1 fully saturated rings. The van der Waals surface area contributed by atoms with Crippen molar-refractivity contribution in [2.75, 3.05) is 46.1 Å². The predicted molar refractivity (Wildman–Crippen MR) is 128 cm³/mol. The zero-order chi connectivity index (χ0) is 19.7. The van der Waals surface area contributed by atoms with Crippen LogP contribution in [0.15, 0.2) is 47.5 Å². The third-order valence-electron chi connectivity index (χ3n) is 5.15. The van der Waals surface area contributed by atoms with Gasteiger partial charge in [-0.25, -0.2) is 0 Å². The summed E-state index contributed by atoms with van der Waals surface area (Å²) in [5, 5.41) is 18.3. The van der Waals surface area contributed by atoms with Crippen molar-refractivity contribution in [1.82, 2.24) is 10.6 Å². The first-order valence-corrected chi connectivity index (χ1v) is 10.1. The molecule has 160 valence electrons. The normalized spacial score (nSPS) is 19.0. The summed E-state index contributed by atoms with van der Waals surface area (Å²) in [7, 11) is 0. The fourth-order valence-electron chi connectivity index (χ4n) is 3.53. The fraction of sp³-hybridized carbons (Fsp3) is 0.500. The van der Waals surface area contributed by atoms with Crippen LogP contribution in [0.2, 0.25) is 0 Å². The summed E-state index contributed by atoms with van der Waals surface area (Å²) in [4.78, 5) is 4.73. The quantitative estimate of drug-likeness (QED) is 0.208. The number of hydrogen-bond donors (Lipinski definition) is 3. The number of fused-ring (bicyclic) bond motifs is 1. The van der Waals surface area contributed by atoms with Crippen LogP contribution >= 0.6 is 24.0 Å². The molecule has 7 heteroatoms. The lowest BCUT2D eigenvalue weighted by Crippen LogP contribution is -2.40. The summed E-state index contributed by atoms with van der Waals surface area (Å²) >= 11 is 0. The number of guanidine groups is 1. The van der Waals surface area contributed by atoms with Crippen LogP contribution in [0.1, 0.15) is 19.8 Å². The van der Waals surface area contributed by atoms with E-state index in [0.717, 1.165) is 43.1 Å². The molecule has 2 aromatic rings. The standard InChI is InChI=1S/C22H31N3O3.HI/c1-2-23-21(25-16-22(10-13-26)11-14-27-17-22)24-12-15-28-20-9-5-7-18-6-3-4-8-19(18)20;/h3-9,26H,2,10-17H2,1H3,(H2,23,24,25);1H. The maximum atomic E-state index is 9.37. The molecule has 0 amide bonds. The number of aliphatic hydroxyl groups is 1. The number of aliphatic hydroxyl groups excluding tert-OH is 1. The van der Waals surface area contributed by atoms with Gasteiger partial charge in [0.2, 0.25) is 0 Å². The molecule has 3 N–H and O–H groups in total. The SMILES string of the molecule is CCNC(=NCC1(CCO)CCOC1)NCCOc1cccc2ccccc12.I. The van der Waals surface area contributed by atoms with Gasteiger partial charge in [-0.1, -0.05) is 36.4 Å². The van der Waals surface area contributed by atoms with Crippen molar-refractivity contribution in [2.24, 2.45) is 10.4 Å². The molecule has 6 nitrogen and oxygen atoms in total. The summed E-state index contributed by atoms with van der Waals surface area (Å²) in [6, 6.07) is 14.3. The molecule has 3 rings (SSSR count). The van der Waals surface area contributed by atoms with E-state index in [1.807, 2.05) is 31.2 Å². The van der Waals surface area contributed by atoms with Crippen LogP contribution in [-0.2, 0) is 4.74 Å². The largest absolute Gasteiger partial charge is 0.491 e. The van der Waals surface area contributed by atoms with Crippen LogP contribution in [0.5, 0.6) is 5.75 Å². The number of hydrogen-bond acceptors (Lipinski definition) is 4. The molecule has 0 bridgehead atoms. The Kier molecular flexibility index (Phi) is 9.96. The Morgan fingerprint density at radius 3 is 2.79 bits per heavy atom. The summed E-state index contributed by atoms with van der Waals surface area (Å²) in [5.41, 5.74) is -0.0451. The van der Waals surface area contributed by atoms with Crippen LogP contribution in [0.4, 0.5) is 0 Å². The van der Waals surface area contributed by atoms with Gasteiger partial charge >= 0.3 is 0 Å². The maximum Gasteiger partial charge on any atom is 0.191 e. The Morgan fingerprint density at radius 1 is 1.21 bits per heavy atom. The van der Waals surface area contributed by atoms with Gasteiger partial charge in [-0.15, -0.1) is 24.0 Å². The first-order chi connectivity index (χ1) is 13.8. The van der Waals surface area contributed by atoms with Crippen LogP contribution < -0.4 is 15.4 Å². The summed E-state index contributed by atoms with van der Waals surface area (Å²) in [6.45, 7) is 6.27. The first-order valence-electron chi connectivity index (χ1n) is 10.1. The van der Waals surface area contributed by atoms with Crippen molar-refractivity contribution in [1.29, 1.82) is 0 Å². The van der Waals surface area contributed by atoms with Crippen LogP contribution in [0.3, 0.4) is 0 Å². The molecular formula is C22H32IN3O3. The van der Waals surface area contributed by atoms with Crippen LogP contribution in [-0.4, -0.2) is 57.1 Å². The Morgan fingerprint density at radius 2 is 2.03 bits per heavy atom. The second-order valence-corrected chi connectivity index (χ2v) is 7.22. The van der Waals surface area contributed by atoms with E-state index in [1.165, 1.54) is 5.39 Å². The third-order valence-corrected chi connectivity index (χ3v) is 5.15. The third kappa shape index (κ3) is 6.72. The molecule has 0 radical (unpaired) electrons. The summed E-state index contributed by atoms with van der Waals surface area (Å²) < 4.78 is 11.5. The number of rotatable bonds is 9. The van der Waals surface area contributed by atoms with Gasteiger partial charge in [0.05, 0.1) is 19.7 Å². The van der Waals surface area contributed by atoms with E-state index in [4.69, 9.17) is 14.5 Å². The van der Waals surface area contributed by atoms with Gasteiger partial charge in [0.15, 0.2) is 5.96 Å². The minimum atomic E-state index is -0.0451. The molecule has 1 saturated heterocycles. The van der Waals surface area contributed by atoms with Crippen molar-refractivity contribution in [3.05, 3.63) is 42.5 Å². The number of nitrogens with zero attached hydrogens (tertiary/aromatic N) is 1. The smallest absolute Gasteiger partial charge is 0.191 e. The van der Waals surface area contributed by atoms with Gasteiger partial charge in [0, 0.05) is 30.6 Å². The average Bonchev–Trinajstić information content (AvgIpc) is 3.18. The predicted octanol–water partition coefficient (Wildman–Crippen LogP) is 3.18. The molecule has 1 aliphatic heterocycles. The molecule has 1 unspecified atom stereocenters. The van der Waals surface area contributed by atoms with Crippen LogP contribution in [0, 0.1) is 5.41 Å². The average molecular weight is 513 g/mol. The number of halogens is 1. The van der Waals surface area contributed by atoms with Gasteiger partial charge in [0.1, 0.15) is 12.4 Å². The number of nitrogens with one attached hydrogen (secondary N) is 2. The summed E-state index contributed by atoms with van der Waals surface area (Å²) in [5.74, 6) is 1.67. The molecule has 2 aromatic carbocycles. The van der Waals surface area contributed by atoms with Crippen molar-refractivity contribution in [3.63, 3.8) is 0 Å². The lowest BCUT2D eigenvalue weighted by Gasteiger charge is -2.24. The van der Waals surface area contributed by atoms with E-state index in [-0.39, 0.29) is 36.0 Å². The zero-order valence-electron chi connectivity index (χ0n) is 17.0. The van der Waals surface area contributed by atoms with Gasteiger partial charge in [0.25, 0.3) is 0 Å². The zero-order valence-corrected chi connectivity index (χ0v) is 19.4. The Balaban J connectivity index is 0.00000300. The topological polar surface area (TPSA) is 75.1 Å². The first kappa shape index (κ1) is 23.7. The molecular weight excluding hydrogens is 481 g/mol. The fourth-order valence-corrected chi connectivity index (χ4v) is 3.53. The van der Waals surface area contributed by atoms with Gasteiger partial charge < -0.3 is 25.2 Å². The van der Waals surface area contributed by atoms with Crippen molar-refractivity contribution >= 4 is 40.7 Å². The van der Waals surface area contributed by atoms with Crippen LogP contribution in [0.25, 0.3) is 10.8 Å². The lowest BCUT2D eigenvalue weighted by atomic mass is 9.84. The van der Waals surface area contributed by atoms with Gasteiger partial charge in [-0.05, 0) is 31.2 Å². The monoisotopic (exact) mass is 513 g/mol. The lowest BCUT2D eigenvalue weighted by molar-refractivity contribution is 0.131. The second kappa shape index (κ2) is 12.2. The van der Waals surface area contributed by atoms with E-state index >= 15 is 0 Å². The molecule has 1 heterocycles. The molecule has 1 atom stereocenters. The van der Waals surface area contributed by atoms with E-state index in [9.17, 15) is 5.11 Å². The van der Waals surface area contributed by atoms with Gasteiger partial charge in [-0.3, -0.25) is 4.99 Å². The van der Waals surface area contributed by atoms with E-state index in [1.54, 1.807) is 0 Å². The second-order valence-electron chi connectivity index (χ2n) is 7.22. The minimum absolute atomic E-state index is 0. The van der Waals surface area contributed by atoms with Gasteiger partial charge in [-0.2, -0.15) is 0 Å². The summed E-state index contributed by atoms with van der Waals surface area (Å²) in [6.07, 6.45) is 1.67. The minimum Gasteiger partial charge on any atom is -0.491 e.